The number of rotatable bonds is 5. The van der Waals surface area contributed by atoms with Gasteiger partial charge in [-0.25, -0.2) is 0 Å². The van der Waals surface area contributed by atoms with Crippen LogP contribution in [0.2, 0.25) is 0 Å². The summed E-state index contributed by atoms with van der Waals surface area (Å²) in [5.74, 6) is 0.669. The first kappa shape index (κ1) is 13.3. The molecule has 0 aliphatic heterocycles. The number of benzene rings is 1. The van der Waals surface area contributed by atoms with Crippen LogP contribution in [-0.2, 0) is 6.42 Å². The van der Waals surface area contributed by atoms with Crippen molar-refractivity contribution in [1.29, 1.82) is 0 Å². The third-order valence-electron chi connectivity index (χ3n) is 2.55. The molecule has 0 radical (unpaired) electrons. The van der Waals surface area contributed by atoms with E-state index < -0.39 is 0 Å². The second-order valence-corrected chi connectivity index (χ2v) is 5.62. The lowest BCUT2D eigenvalue weighted by atomic mass is 10.1. The highest BCUT2D eigenvalue weighted by Gasteiger charge is 2.09. The van der Waals surface area contributed by atoms with Crippen molar-refractivity contribution in [3.8, 4) is 5.75 Å². The summed E-state index contributed by atoms with van der Waals surface area (Å²) in [4.78, 5) is 11.5. The molecule has 1 heterocycles. The van der Waals surface area contributed by atoms with Crippen LogP contribution in [0.4, 0.5) is 0 Å². The van der Waals surface area contributed by atoms with Crippen LogP contribution in [0.1, 0.15) is 22.8 Å². The summed E-state index contributed by atoms with van der Waals surface area (Å²) in [7, 11) is 0. The molecular weight excluding hydrogens is 312 g/mol. The average Bonchev–Trinajstić information content (AvgIpc) is 2.84. The molecule has 2 nitrogen and oxygen atoms in total. The molecule has 0 unspecified atom stereocenters. The minimum absolute atomic E-state index is 0.0156. The Bertz CT molecular complexity index is 535. The molecule has 0 aliphatic rings. The van der Waals surface area contributed by atoms with Crippen molar-refractivity contribution in [2.45, 2.75) is 13.3 Å². The number of ether oxygens (including phenoxy) is 1. The molecule has 2 aromatic rings. The lowest BCUT2D eigenvalue weighted by Crippen LogP contribution is -2.04. The van der Waals surface area contributed by atoms with Gasteiger partial charge in [0.05, 0.1) is 12.2 Å². The number of thiophene rings is 1. The molecule has 0 N–H and O–H groups in total. The topological polar surface area (TPSA) is 26.3 Å². The number of carbonyl (C=O) groups is 1. The van der Waals surface area contributed by atoms with Crippen molar-refractivity contribution in [2.24, 2.45) is 0 Å². The molecular formula is C14H13BrO2S. The quantitative estimate of drug-likeness (QED) is 0.765. The Balaban J connectivity index is 2.02. The van der Waals surface area contributed by atoms with Crippen LogP contribution < -0.4 is 4.74 Å². The Morgan fingerprint density at radius 2 is 2.22 bits per heavy atom. The van der Waals surface area contributed by atoms with E-state index in [1.165, 1.54) is 5.56 Å². The van der Waals surface area contributed by atoms with Crippen LogP contribution >= 0.6 is 27.3 Å². The molecule has 2 rings (SSSR count). The third kappa shape index (κ3) is 3.43. The first-order chi connectivity index (χ1) is 8.66. The fourth-order valence-corrected chi connectivity index (χ4v) is 2.68. The Morgan fingerprint density at radius 3 is 2.89 bits per heavy atom. The maximum Gasteiger partial charge on any atom is 0.163 e. The number of ketones is 1. The predicted octanol–water partition coefficient (Wildman–Crippen LogP) is 4.33. The zero-order chi connectivity index (χ0) is 13.0. The maximum absolute atomic E-state index is 11.5. The largest absolute Gasteiger partial charge is 0.492 e. The van der Waals surface area contributed by atoms with Gasteiger partial charge >= 0.3 is 0 Å². The first-order valence-electron chi connectivity index (χ1n) is 5.61. The number of hydrogen-bond acceptors (Lipinski definition) is 3. The van der Waals surface area contributed by atoms with Gasteiger partial charge in [0.1, 0.15) is 5.75 Å². The van der Waals surface area contributed by atoms with Crippen LogP contribution in [0.3, 0.4) is 0 Å². The Labute approximate surface area is 119 Å². The molecule has 0 aliphatic carbocycles. The summed E-state index contributed by atoms with van der Waals surface area (Å²) in [6, 6.07) is 7.59. The van der Waals surface area contributed by atoms with Crippen LogP contribution in [0.5, 0.6) is 5.75 Å². The first-order valence-corrected chi connectivity index (χ1v) is 7.35. The molecule has 0 fully saturated rings. The minimum atomic E-state index is 0.0156. The normalized spacial score (nSPS) is 10.3. The minimum Gasteiger partial charge on any atom is -0.492 e. The van der Waals surface area contributed by atoms with Crippen molar-refractivity contribution in [2.75, 3.05) is 6.61 Å². The van der Waals surface area contributed by atoms with Gasteiger partial charge < -0.3 is 4.74 Å². The third-order valence-corrected chi connectivity index (χ3v) is 3.77. The van der Waals surface area contributed by atoms with E-state index in [4.69, 9.17) is 4.74 Å². The maximum atomic E-state index is 11.5. The Hall–Kier alpha value is -1.13. The molecule has 1 aromatic heterocycles. The highest BCUT2D eigenvalue weighted by Crippen LogP contribution is 2.24. The van der Waals surface area contributed by atoms with Gasteiger partial charge in [-0.05, 0) is 47.5 Å². The number of hydrogen-bond donors (Lipinski definition) is 0. The van der Waals surface area contributed by atoms with E-state index in [2.05, 4.69) is 32.8 Å². The molecule has 1 aromatic carbocycles. The van der Waals surface area contributed by atoms with Crippen molar-refractivity contribution in [1.82, 2.24) is 0 Å². The van der Waals surface area contributed by atoms with E-state index in [9.17, 15) is 4.79 Å². The van der Waals surface area contributed by atoms with E-state index in [-0.39, 0.29) is 5.78 Å². The van der Waals surface area contributed by atoms with E-state index >= 15 is 0 Å². The number of Topliss-reactive ketones (excluding diaryl/α,β-unsaturated/α-hetero) is 1. The lowest BCUT2D eigenvalue weighted by Gasteiger charge is -2.09. The van der Waals surface area contributed by atoms with Gasteiger partial charge in [0.25, 0.3) is 0 Å². The molecule has 0 saturated heterocycles. The molecule has 18 heavy (non-hydrogen) atoms. The van der Waals surface area contributed by atoms with Gasteiger partial charge in [-0.2, -0.15) is 11.3 Å². The Morgan fingerprint density at radius 1 is 1.39 bits per heavy atom. The highest BCUT2D eigenvalue weighted by atomic mass is 79.9. The Kier molecular flexibility index (Phi) is 4.55. The predicted molar refractivity (Wildman–Crippen MR) is 77.7 cm³/mol. The van der Waals surface area contributed by atoms with E-state index in [0.717, 1.165) is 10.9 Å². The molecule has 94 valence electrons. The van der Waals surface area contributed by atoms with Gasteiger partial charge in [0.15, 0.2) is 5.78 Å². The van der Waals surface area contributed by atoms with Crippen LogP contribution in [0.15, 0.2) is 39.5 Å². The average molecular weight is 325 g/mol. The fraction of sp³-hybridized carbons (Fsp3) is 0.214. The monoisotopic (exact) mass is 324 g/mol. The standard InChI is InChI=1S/C14H13BrO2S/c1-10(16)13-8-12(15)2-3-14(13)17-6-4-11-5-7-18-9-11/h2-3,5,7-9H,4,6H2,1H3. The zero-order valence-electron chi connectivity index (χ0n) is 9.98. The molecule has 0 bridgehead atoms. The smallest absolute Gasteiger partial charge is 0.163 e. The molecule has 0 spiro atoms. The molecule has 0 amide bonds. The SMILES string of the molecule is CC(=O)c1cc(Br)ccc1OCCc1ccsc1. The van der Waals surface area contributed by atoms with E-state index in [1.54, 1.807) is 24.3 Å². The van der Waals surface area contributed by atoms with Gasteiger partial charge in [-0.15, -0.1) is 0 Å². The second kappa shape index (κ2) is 6.16. The summed E-state index contributed by atoms with van der Waals surface area (Å²) >= 11 is 5.04. The van der Waals surface area contributed by atoms with Crippen LogP contribution in [-0.4, -0.2) is 12.4 Å². The van der Waals surface area contributed by atoms with E-state index in [0.29, 0.717) is 17.9 Å². The van der Waals surface area contributed by atoms with Gasteiger partial charge in [0, 0.05) is 10.9 Å². The van der Waals surface area contributed by atoms with Gasteiger partial charge in [0.2, 0.25) is 0 Å². The summed E-state index contributed by atoms with van der Waals surface area (Å²) < 4.78 is 6.58. The van der Waals surface area contributed by atoms with Crippen LogP contribution in [0.25, 0.3) is 0 Å². The molecule has 0 atom stereocenters. The van der Waals surface area contributed by atoms with Crippen molar-refractivity contribution in [3.05, 3.63) is 50.6 Å². The lowest BCUT2D eigenvalue weighted by molar-refractivity contribution is 0.101. The van der Waals surface area contributed by atoms with E-state index in [1.807, 2.05) is 12.1 Å². The summed E-state index contributed by atoms with van der Waals surface area (Å²) in [6.07, 6.45) is 0.858. The van der Waals surface area contributed by atoms with Gasteiger partial charge in [-0.3, -0.25) is 4.79 Å². The summed E-state index contributed by atoms with van der Waals surface area (Å²) in [5, 5.41) is 4.16. The summed E-state index contributed by atoms with van der Waals surface area (Å²) in [6.45, 7) is 2.13. The second-order valence-electron chi connectivity index (χ2n) is 3.93. The van der Waals surface area contributed by atoms with Crippen molar-refractivity contribution >= 4 is 33.0 Å². The van der Waals surface area contributed by atoms with Crippen LogP contribution in [0, 0.1) is 0 Å². The highest BCUT2D eigenvalue weighted by molar-refractivity contribution is 9.10. The number of carbonyl (C=O) groups excluding carboxylic acids is 1. The van der Waals surface area contributed by atoms with Crippen molar-refractivity contribution in [3.63, 3.8) is 0 Å². The van der Waals surface area contributed by atoms with Crippen molar-refractivity contribution < 1.29 is 9.53 Å². The zero-order valence-corrected chi connectivity index (χ0v) is 12.4. The number of halogens is 1. The molecule has 0 saturated carbocycles. The fourth-order valence-electron chi connectivity index (χ4n) is 1.62. The molecule has 4 heteroatoms. The van der Waals surface area contributed by atoms with Gasteiger partial charge in [-0.1, -0.05) is 15.9 Å². The summed E-state index contributed by atoms with van der Waals surface area (Å²) in [5.41, 5.74) is 1.89.